The number of hydrogen-bond acceptors (Lipinski definition) is 1. The van der Waals surface area contributed by atoms with Gasteiger partial charge in [-0.15, -0.1) is 0 Å². The molecule has 2 nitrogen and oxygen atoms in total. The minimum atomic E-state index is 0.0989. The van der Waals surface area contributed by atoms with E-state index in [4.69, 9.17) is 0 Å². The Morgan fingerprint density at radius 1 is 1.21 bits per heavy atom. The molecule has 2 rings (SSSR count). The zero-order valence-electron chi connectivity index (χ0n) is 8.71. The number of carbonyl (C=O) groups is 1. The summed E-state index contributed by atoms with van der Waals surface area (Å²) in [7, 11) is 0. The molecule has 2 fully saturated rings. The van der Waals surface area contributed by atoms with E-state index in [0.29, 0.717) is 11.9 Å². The van der Waals surface area contributed by atoms with Gasteiger partial charge in [-0.3, -0.25) is 4.79 Å². The van der Waals surface area contributed by atoms with Crippen molar-refractivity contribution in [1.29, 1.82) is 0 Å². The maximum Gasteiger partial charge on any atom is 0.236 e. The zero-order chi connectivity index (χ0) is 10.1. The van der Waals surface area contributed by atoms with Gasteiger partial charge in [0.1, 0.15) is 0 Å². The van der Waals surface area contributed by atoms with E-state index in [2.05, 4.69) is 27.8 Å². The Kier molecular flexibility index (Phi) is 3.15. The first-order valence-corrected chi connectivity index (χ1v) is 6.54. The van der Waals surface area contributed by atoms with E-state index in [1.165, 1.54) is 25.7 Å². The molecule has 1 amide bonds. The summed E-state index contributed by atoms with van der Waals surface area (Å²) < 4.78 is 0. The fourth-order valence-electron chi connectivity index (χ4n) is 2.58. The van der Waals surface area contributed by atoms with Crippen molar-refractivity contribution in [2.45, 2.75) is 49.9 Å². The van der Waals surface area contributed by atoms with Crippen LogP contribution in [0.15, 0.2) is 0 Å². The molecule has 0 bridgehead atoms. The lowest BCUT2D eigenvalue weighted by Crippen LogP contribution is -2.39. The largest absolute Gasteiger partial charge is 0.339 e. The first-order chi connectivity index (χ1) is 6.68. The number of hydrogen-bond donors (Lipinski definition) is 0. The smallest absolute Gasteiger partial charge is 0.236 e. The molecule has 0 N–H and O–H groups in total. The highest BCUT2D eigenvalue weighted by Gasteiger charge is 2.35. The Labute approximate surface area is 94.2 Å². The van der Waals surface area contributed by atoms with E-state index in [0.717, 1.165) is 18.9 Å². The van der Waals surface area contributed by atoms with Crippen LogP contribution in [-0.2, 0) is 4.79 Å². The van der Waals surface area contributed by atoms with Gasteiger partial charge in [0.25, 0.3) is 0 Å². The SMILES string of the molecule is CC1CCC(N2CCC(Br)C2=O)CC1. The van der Waals surface area contributed by atoms with Gasteiger partial charge in [-0.25, -0.2) is 0 Å². The van der Waals surface area contributed by atoms with Gasteiger partial charge in [0.15, 0.2) is 0 Å². The van der Waals surface area contributed by atoms with E-state index in [9.17, 15) is 4.79 Å². The molecule has 80 valence electrons. The van der Waals surface area contributed by atoms with Crippen LogP contribution >= 0.6 is 15.9 Å². The maximum atomic E-state index is 11.8. The summed E-state index contributed by atoms with van der Waals surface area (Å²) in [5.74, 6) is 1.19. The molecule has 0 aromatic heterocycles. The van der Waals surface area contributed by atoms with Crippen LogP contribution < -0.4 is 0 Å². The third-order valence-corrected chi connectivity index (χ3v) is 4.45. The van der Waals surface area contributed by atoms with Gasteiger partial charge < -0.3 is 4.90 Å². The van der Waals surface area contributed by atoms with Crippen molar-refractivity contribution in [3.8, 4) is 0 Å². The highest BCUT2D eigenvalue weighted by Crippen LogP contribution is 2.31. The van der Waals surface area contributed by atoms with Gasteiger partial charge in [-0.1, -0.05) is 22.9 Å². The van der Waals surface area contributed by atoms with Crippen LogP contribution in [0.1, 0.15) is 39.0 Å². The first kappa shape index (κ1) is 10.5. The lowest BCUT2D eigenvalue weighted by Gasteiger charge is -2.33. The Hall–Kier alpha value is -0.0500. The van der Waals surface area contributed by atoms with E-state index >= 15 is 0 Å². The van der Waals surface area contributed by atoms with Crippen molar-refractivity contribution < 1.29 is 4.79 Å². The van der Waals surface area contributed by atoms with Gasteiger partial charge in [0.2, 0.25) is 5.91 Å². The van der Waals surface area contributed by atoms with E-state index in [1.54, 1.807) is 0 Å². The average molecular weight is 260 g/mol. The number of amides is 1. The van der Waals surface area contributed by atoms with Crippen molar-refractivity contribution in [3.05, 3.63) is 0 Å². The van der Waals surface area contributed by atoms with Gasteiger partial charge in [0, 0.05) is 12.6 Å². The van der Waals surface area contributed by atoms with Crippen LogP contribution in [0.5, 0.6) is 0 Å². The molecule has 1 unspecified atom stereocenters. The summed E-state index contributed by atoms with van der Waals surface area (Å²) >= 11 is 3.43. The fraction of sp³-hybridized carbons (Fsp3) is 0.909. The molecular weight excluding hydrogens is 242 g/mol. The van der Waals surface area contributed by atoms with Crippen LogP contribution in [0.2, 0.25) is 0 Å². The second-order valence-corrected chi connectivity index (χ2v) is 5.81. The second kappa shape index (κ2) is 4.21. The molecule has 1 saturated carbocycles. The van der Waals surface area contributed by atoms with Crippen LogP contribution in [0.3, 0.4) is 0 Å². The number of halogens is 1. The molecule has 2 aliphatic rings. The Morgan fingerprint density at radius 3 is 2.36 bits per heavy atom. The van der Waals surface area contributed by atoms with Crippen molar-refractivity contribution in [2.75, 3.05) is 6.54 Å². The summed E-state index contributed by atoms with van der Waals surface area (Å²) in [5, 5.41) is 0. The average Bonchev–Trinajstić information content (AvgIpc) is 2.50. The van der Waals surface area contributed by atoms with Gasteiger partial charge >= 0.3 is 0 Å². The Morgan fingerprint density at radius 2 is 1.86 bits per heavy atom. The van der Waals surface area contributed by atoms with Crippen LogP contribution in [0.4, 0.5) is 0 Å². The quantitative estimate of drug-likeness (QED) is 0.663. The zero-order valence-corrected chi connectivity index (χ0v) is 10.3. The monoisotopic (exact) mass is 259 g/mol. The molecule has 0 radical (unpaired) electrons. The molecule has 1 aliphatic carbocycles. The molecule has 0 aromatic carbocycles. The van der Waals surface area contributed by atoms with E-state index in [-0.39, 0.29) is 4.83 Å². The minimum Gasteiger partial charge on any atom is -0.339 e. The number of nitrogens with zero attached hydrogens (tertiary/aromatic N) is 1. The number of carbonyl (C=O) groups excluding carboxylic acids is 1. The molecule has 0 spiro atoms. The summed E-state index contributed by atoms with van der Waals surface area (Å²) in [6.45, 7) is 3.28. The minimum absolute atomic E-state index is 0.0989. The Bertz CT molecular complexity index is 223. The van der Waals surface area contributed by atoms with Gasteiger partial charge in [-0.05, 0) is 38.0 Å². The van der Waals surface area contributed by atoms with Crippen LogP contribution in [0, 0.1) is 5.92 Å². The van der Waals surface area contributed by atoms with Crippen molar-refractivity contribution >= 4 is 21.8 Å². The van der Waals surface area contributed by atoms with Crippen molar-refractivity contribution in [3.63, 3.8) is 0 Å². The predicted molar refractivity (Wildman–Crippen MR) is 60.5 cm³/mol. The molecule has 0 aromatic rings. The molecule has 3 heteroatoms. The summed E-state index contributed by atoms with van der Waals surface area (Å²) in [6.07, 6.45) is 6.01. The summed E-state index contributed by atoms with van der Waals surface area (Å²) in [4.78, 5) is 14.0. The van der Waals surface area contributed by atoms with Gasteiger partial charge in [0.05, 0.1) is 4.83 Å². The molecule has 1 atom stereocenters. The summed E-state index contributed by atoms with van der Waals surface area (Å²) in [5.41, 5.74) is 0. The van der Waals surface area contributed by atoms with E-state index < -0.39 is 0 Å². The first-order valence-electron chi connectivity index (χ1n) is 5.63. The van der Waals surface area contributed by atoms with Crippen molar-refractivity contribution in [2.24, 2.45) is 5.92 Å². The highest BCUT2D eigenvalue weighted by atomic mass is 79.9. The molecular formula is C11H18BrNO. The molecule has 1 heterocycles. The highest BCUT2D eigenvalue weighted by molar-refractivity contribution is 9.10. The number of rotatable bonds is 1. The third-order valence-electron chi connectivity index (χ3n) is 3.60. The topological polar surface area (TPSA) is 20.3 Å². The van der Waals surface area contributed by atoms with Crippen LogP contribution in [-0.4, -0.2) is 28.2 Å². The second-order valence-electron chi connectivity index (χ2n) is 4.70. The normalized spacial score (nSPS) is 39.1. The number of alkyl halides is 1. The summed E-state index contributed by atoms with van der Waals surface area (Å²) in [6, 6.07) is 0.543. The molecule has 1 saturated heterocycles. The lowest BCUT2D eigenvalue weighted by atomic mass is 9.87. The van der Waals surface area contributed by atoms with Gasteiger partial charge in [-0.2, -0.15) is 0 Å². The molecule has 1 aliphatic heterocycles. The predicted octanol–water partition coefficient (Wildman–Crippen LogP) is 2.56. The lowest BCUT2D eigenvalue weighted by molar-refractivity contribution is -0.129. The number of likely N-dealkylation sites (tertiary alicyclic amines) is 1. The molecule has 14 heavy (non-hydrogen) atoms. The van der Waals surface area contributed by atoms with E-state index in [1.807, 2.05) is 0 Å². The Balaban J connectivity index is 1.93. The standard InChI is InChI=1S/C11H18BrNO/c1-8-2-4-9(5-3-8)13-7-6-10(12)11(13)14/h8-10H,2-7H2,1H3. The third kappa shape index (κ3) is 1.97. The van der Waals surface area contributed by atoms with Crippen molar-refractivity contribution in [1.82, 2.24) is 4.90 Å². The maximum absolute atomic E-state index is 11.8. The van der Waals surface area contributed by atoms with Crippen LogP contribution in [0.25, 0.3) is 0 Å². The fourth-order valence-corrected chi connectivity index (χ4v) is 3.05.